The van der Waals surface area contributed by atoms with Crippen LogP contribution in [-0.2, 0) is 23.2 Å². The van der Waals surface area contributed by atoms with Gasteiger partial charge in [0.05, 0.1) is 18.0 Å². The number of sulfonamides is 1. The van der Waals surface area contributed by atoms with E-state index in [2.05, 4.69) is 9.71 Å². The molecule has 2 rings (SSSR count). The van der Waals surface area contributed by atoms with Crippen LogP contribution < -0.4 is 9.60 Å². The minimum Gasteiger partial charge on any atom is -0.391 e. The number of aromatic nitrogens is 1. The van der Waals surface area contributed by atoms with Crippen LogP contribution >= 0.6 is 22.7 Å². The second-order valence-corrected chi connectivity index (χ2v) is 7.34. The molecule has 0 atom stereocenters. The van der Waals surface area contributed by atoms with Crippen molar-refractivity contribution in [1.82, 2.24) is 9.71 Å². The van der Waals surface area contributed by atoms with Crippen LogP contribution in [0.4, 0.5) is 0 Å². The molecule has 0 unspecified atom stereocenters. The number of thiazole rings is 1. The fourth-order valence-corrected chi connectivity index (χ4v) is 4.85. The molecule has 0 fully saturated rings. The SMILES string of the molecule is Cc1csc(CO)c1S(=O)(=O)NCc1csc(=O)[nH]1. The number of hydrogen-bond acceptors (Lipinski definition) is 6. The Balaban J connectivity index is 2.23. The van der Waals surface area contributed by atoms with E-state index in [1.165, 1.54) is 11.3 Å². The van der Waals surface area contributed by atoms with Gasteiger partial charge in [0, 0.05) is 11.1 Å². The molecular weight excluding hydrogens is 308 g/mol. The fourth-order valence-electron chi connectivity index (χ4n) is 1.60. The first-order chi connectivity index (χ1) is 8.94. The molecule has 0 bridgehead atoms. The lowest BCUT2D eigenvalue weighted by Gasteiger charge is -2.07. The predicted octanol–water partition coefficient (Wildman–Crippen LogP) is 0.777. The van der Waals surface area contributed by atoms with E-state index in [1.807, 2.05) is 0 Å². The first-order valence-corrected chi connectivity index (χ1v) is 8.52. The van der Waals surface area contributed by atoms with Gasteiger partial charge in [0.1, 0.15) is 4.90 Å². The zero-order chi connectivity index (χ0) is 14.0. The van der Waals surface area contributed by atoms with Gasteiger partial charge in [0.15, 0.2) is 0 Å². The largest absolute Gasteiger partial charge is 0.391 e. The lowest BCUT2D eigenvalue weighted by molar-refractivity contribution is 0.282. The number of aliphatic hydroxyl groups excluding tert-OH is 1. The topological polar surface area (TPSA) is 99.3 Å². The number of nitrogens with one attached hydrogen (secondary N) is 2. The van der Waals surface area contributed by atoms with E-state index in [4.69, 9.17) is 5.11 Å². The Hall–Kier alpha value is -1.00. The van der Waals surface area contributed by atoms with Crippen molar-refractivity contribution in [1.29, 1.82) is 0 Å². The van der Waals surface area contributed by atoms with Gasteiger partial charge in [0.25, 0.3) is 0 Å². The lowest BCUT2D eigenvalue weighted by Crippen LogP contribution is -2.24. The van der Waals surface area contributed by atoms with Crippen molar-refractivity contribution < 1.29 is 13.5 Å². The second kappa shape index (κ2) is 5.55. The highest BCUT2D eigenvalue weighted by molar-refractivity contribution is 7.89. The third kappa shape index (κ3) is 3.12. The molecule has 0 radical (unpaired) electrons. The van der Waals surface area contributed by atoms with E-state index in [-0.39, 0.29) is 22.9 Å². The van der Waals surface area contributed by atoms with Gasteiger partial charge in [-0.1, -0.05) is 11.3 Å². The Morgan fingerprint density at radius 1 is 1.37 bits per heavy atom. The van der Waals surface area contributed by atoms with E-state index in [1.54, 1.807) is 17.7 Å². The normalized spacial score (nSPS) is 11.9. The van der Waals surface area contributed by atoms with E-state index in [0.717, 1.165) is 11.3 Å². The minimum absolute atomic E-state index is 0.0151. The highest BCUT2D eigenvalue weighted by Gasteiger charge is 2.22. The summed E-state index contributed by atoms with van der Waals surface area (Å²) in [6.07, 6.45) is 0. The van der Waals surface area contributed by atoms with Crippen molar-refractivity contribution in [3.05, 3.63) is 36.6 Å². The standard InChI is InChI=1S/C10H12N2O4S3/c1-6-4-17-8(3-13)9(6)19(15,16)11-2-7-5-18-10(14)12-7/h4-5,11,13H,2-3H2,1H3,(H,12,14). The average Bonchev–Trinajstić information content (AvgIpc) is 2.93. The van der Waals surface area contributed by atoms with Crippen LogP contribution in [0.15, 0.2) is 20.5 Å². The molecule has 2 heterocycles. The van der Waals surface area contributed by atoms with Gasteiger partial charge in [0.2, 0.25) is 10.0 Å². The van der Waals surface area contributed by atoms with Crippen LogP contribution in [-0.4, -0.2) is 18.5 Å². The highest BCUT2D eigenvalue weighted by Crippen LogP contribution is 2.26. The average molecular weight is 320 g/mol. The number of aliphatic hydroxyl groups is 1. The summed E-state index contributed by atoms with van der Waals surface area (Å²) in [5, 5.41) is 12.4. The van der Waals surface area contributed by atoms with Crippen LogP contribution in [0.5, 0.6) is 0 Å². The van der Waals surface area contributed by atoms with Gasteiger partial charge in [-0.15, -0.1) is 11.3 Å². The molecule has 2 aromatic heterocycles. The molecule has 0 aliphatic heterocycles. The number of rotatable bonds is 5. The van der Waals surface area contributed by atoms with Gasteiger partial charge >= 0.3 is 4.87 Å². The summed E-state index contributed by atoms with van der Waals surface area (Å²) in [5.41, 5.74) is 1.11. The fraction of sp³-hybridized carbons (Fsp3) is 0.300. The molecule has 0 amide bonds. The van der Waals surface area contributed by atoms with Crippen LogP contribution in [0.2, 0.25) is 0 Å². The molecule has 6 nitrogen and oxygen atoms in total. The summed E-state index contributed by atoms with van der Waals surface area (Å²) >= 11 is 2.18. The van der Waals surface area contributed by atoms with Crippen LogP contribution in [0.25, 0.3) is 0 Å². The molecule has 0 aliphatic carbocycles. The summed E-state index contributed by atoms with van der Waals surface area (Å²) in [6, 6.07) is 0. The molecular formula is C10H12N2O4S3. The van der Waals surface area contributed by atoms with Gasteiger partial charge in [-0.2, -0.15) is 0 Å². The Kier molecular flexibility index (Phi) is 4.21. The summed E-state index contributed by atoms with van der Waals surface area (Å²) in [7, 11) is -3.70. The molecule has 19 heavy (non-hydrogen) atoms. The maximum Gasteiger partial charge on any atom is 0.304 e. The van der Waals surface area contributed by atoms with Gasteiger partial charge in [-0.05, 0) is 17.9 Å². The Morgan fingerprint density at radius 3 is 2.68 bits per heavy atom. The number of hydrogen-bond donors (Lipinski definition) is 3. The van der Waals surface area contributed by atoms with Crippen LogP contribution in [0, 0.1) is 6.92 Å². The van der Waals surface area contributed by atoms with Gasteiger partial charge < -0.3 is 10.1 Å². The Labute approximate surface area is 117 Å². The van der Waals surface area contributed by atoms with Crippen molar-refractivity contribution in [2.24, 2.45) is 0 Å². The van der Waals surface area contributed by atoms with Gasteiger partial charge in [-0.25, -0.2) is 13.1 Å². The molecule has 3 N–H and O–H groups in total. The molecule has 0 saturated heterocycles. The summed E-state index contributed by atoms with van der Waals surface area (Å²) in [6.45, 7) is 1.38. The molecule has 0 aliphatic rings. The molecule has 104 valence electrons. The van der Waals surface area contributed by atoms with E-state index in [0.29, 0.717) is 16.1 Å². The Morgan fingerprint density at radius 2 is 2.11 bits per heavy atom. The monoisotopic (exact) mass is 320 g/mol. The zero-order valence-electron chi connectivity index (χ0n) is 9.97. The zero-order valence-corrected chi connectivity index (χ0v) is 12.4. The maximum atomic E-state index is 12.2. The van der Waals surface area contributed by atoms with Crippen LogP contribution in [0.1, 0.15) is 16.1 Å². The molecule has 9 heteroatoms. The summed E-state index contributed by atoms with van der Waals surface area (Å²) in [4.78, 5) is 13.8. The van der Waals surface area contributed by atoms with Gasteiger partial charge in [-0.3, -0.25) is 4.79 Å². The summed E-state index contributed by atoms with van der Waals surface area (Å²) in [5.74, 6) is 0. The molecule has 0 spiro atoms. The van der Waals surface area contributed by atoms with Crippen LogP contribution in [0.3, 0.4) is 0 Å². The van der Waals surface area contributed by atoms with Crippen molar-refractivity contribution >= 4 is 32.7 Å². The molecule has 0 saturated carbocycles. The molecule has 0 aromatic carbocycles. The van der Waals surface area contributed by atoms with Crippen molar-refractivity contribution in [2.75, 3.05) is 0 Å². The maximum absolute atomic E-state index is 12.2. The smallest absolute Gasteiger partial charge is 0.304 e. The van der Waals surface area contributed by atoms with E-state index < -0.39 is 10.0 Å². The first-order valence-electron chi connectivity index (χ1n) is 5.28. The third-order valence-corrected chi connectivity index (χ3v) is 5.99. The summed E-state index contributed by atoms with van der Waals surface area (Å²) < 4.78 is 26.8. The highest BCUT2D eigenvalue weighted by atomic mass is 32.2. The van der Waals surface area contributed by atoms with E-state index >= 15 is 0 Å². The lowest BCUT2D eigenvalue weighted by atomic mass is 10.3. The number of aromatic amines is 1. The second-order valence-electron chi connectivity index (χ2n) is 3.83. The van der Waals surface area contributed by atoms with Crippen molar-refractivity contribution in [3.8, 4) is 0 Å². The predicted molar refractivity (Wildman–Crippen MR) is 73.9 cm³/mol. The molecule has 2 aromatic rings. The van der Waals surface area contributed by atoms with Crippen molar-refractivity contribution in [3.63, 3.8) is 0 Å². The minimum atomic E-state index is -3.70. The van der Waals surface area contributed by atoms with E-state index in [9.17, 15) is 13.2 Å². The Bertz CT molecular complexity index is 726. The quantitative estimate of drug-likeness (QED) is 0.758. The number of aryl methyl sites for hydroxylation is 1. The number of H-pyrrole nitrogens is 1. The number of thiophene rings is 1. The van der Waals surface area contributed by atoms with Crippen molar-refractivity contribution in [2.45, 2.75) is 25.0 Å². The third-order valence-electron chi connectivity index (χ3n) is 2.43. The first kappa shape index (κ1) is 14.4.